The van der Waals surface area contributed by atoms with E-state index in [4.69, 9.17) is 14.6 Å². The van der Waals surface area contributed by atoms with Crippen LogP contribution in [0.2, 0.25) is 0 Å². The highest BCUT2D eigenvalue weighted by atomic mass is 16.5. The number of carboxylic acids is 1. The number of rotatable bonds is 7. The van der Waals surface area contributed by atoms with Crippen LogP contribution in [0.3, 0.4) is 0 Å². The Morgan fingerprint density at radius 3 is 2.52 bits per heavy atom. The number of aromatic carboxylic acids is 1. The molecule has 21 heavy (non-hydrogen) atoms. The SMILES string of the molecule is C=CC(=O)OCCCOC(=O)c1cccc(C)c1C(=O)O. The van der Waals surface area contributed by atoms with E-state index in [2.05, 4.69) is 6.58 Å². The van der Waals surface area contributed by atoms with Crippen molar-refractivity contribution in [1.82, 2.24) is 0 Å². The van der Waals surface area contributed by atoms with Gasteiger partial charge in [0.25, 0.3) is 0 Å². The maximum absolute atomic E-state index is 11.9. The summed E-state index contributed by atoms with van der Waals surface area (Å²) in [6.07, 6.45) is 1.36. The van der Waals surface area contributed by atoms with Crippen molar-refractivity contribution in [3.05, 3.63) is 47.5 Å². The Kier molecular flexibility index (Phi) is 6.13. The van der Waals surface area contributed by atoms with Gasteiger partial charge in [-0.25, -0.2) is 14.4 Å². The van der Waals surface area contributed by atoms with Gasteiger partial charge in [-0.2, -0.15) is 0 Å². The quantitative estimate of drug-likeness (QED) is 0.469. The van der Waals surface area contributed by atoms with Crippen LogP contribution in [0.5, 0.6) is 0 Å². The molecule has 1 rings (SSSR count). The van der Waals surface area contributed by atoms with Gasteiger partial charge in [0.2, 0.25) is 0 Å². The van der Waals surface area contributed by atoms with E-state index >= 15 is 0 Å². The lowest BCUT2D eigenvalue weighted by atomic mass is 10.0. The molecule has 0 unspecified atom stereocenters. The van der Waals surface area contributed by atoms with Crippen molar-refractivity contribution >= 4 is 17.9 Å². The number of hydrogen-bond acceptors (Lipinski definition) is 5. The molecule has 0 atom stereocenters. The zero-order valence-corrected chi connectivity index (χ0v) is 11.6. The Balaban J connectivity index is 2.57. The predicted octanol–water partition coefficient (Wildman–Crippen LogP) is 1.97. The summed E-state index contributed by atoms with van der Waals surface area (Å²) in [5.74, 6) is -2.45. The van der Waals surface area contributed by atoms with Crippen LogP contribution >= 0.6 is 0 Å². The van der Waals surface area contributed by atoms with E-state index in [1.807, 2.05) is 0 Å². The predicted molar refractivity (Wildman–Crippen MR) is 74.2 cm³/mol. The molecule has 0 amide bonds. The number of hydrogen-bond donors (Lipinski definition) is 1. The second-order valence-corrected chi connectivity index (χ2v) is 4.16. The number of esters is 2. The number of benzene rings is 1. The molecule has 0 bridgehead atoms. The van der Waals surface area contributed by atoms with Gasteiger partial charge >= 0.3 is 17.9 Å². The van der Waals surface area contributed by atoms with Crippen molar-refractivity contribution in [2.24, 2.45) is 0 Å². The molecule has 6 heteroatoms. The monoisotopic (exact) mass is 292 g/mol. The first kappa shape index (κ1) is 16.4. The van der Waals surface area contributed by atoms with Crippen LogP contribution in [0.4, 0.5) is 0 Å². The first-order valence-corrected chi connectivity index (χ1v) is 6.26. The van der Waals surface area contributed by atoms with Crippen molar-refractivity contribution < 1.29 is 29.0 Å². The van der Waals surface area contributed by atoms with E-state index < -0.39 is 17.9 Å². The van der Waals surface area contributed by atoms with E-state index in [1.165, 1.54) is 6.07 Å². The smallest absolute Gasteiger partial charge is 0.339 e. The number of ether oxygens (including phenoxy) is 2. The second-order valence-electron chi connectivity index (χ2n) is 4.16. The van der Waals surface area contributed by atoms with Gasteiger partial charge in [-0.3, -0.25) is 0 Å². The van der Waals surface area contributed by atoms with Gasteiger partial charge < -0.3 is 14.6 Å². The standard InChI is InChI=1S/C15H16O6/c1-3-12(16)20-8-5-9-21-15(19)11-7-4-6-10(2)13(11)14(17)18/h3-4,6-7H,1,5,8-9H2,2H3,(H,17,18). The van der Waals surface area contributed by atoms with Gasteiger partial charge in [0, 0.05) is 12.5 Å². The molecule has 112 valence electrons. The fourth-order valence-electron chi connectivity index (χ4n) is 1.65. The third kappa shape index (κ3) is 4.76. The van der Waals surface area contributed by atoms with Crippen LogP contribution in [0.25, 0.3) is 0 Å². The maximum Gasteiger partial charge on any atom is 0.339 e. The molecule has 1 aromatic carbocycles. The Labute approximate surface area is 122 Å². The Hall–Kier alpha value is -2.63. The number of aryl methyl sites for hydroxylation is 1. The molecule has 0 aliphatic carbocycles. The second kappa shape index (κ2) is 7.84. The Morgan fingerprint density at radius 1 is 1.24 bits per heavy atom. The highest BCUT2D eigenvalue weighted by Gasteiger charge is 2.19. The molecule has 0 aliphatic heterocycles. The minimum Gasteiger partial charge on any atom is -0.478 e. The lowest BCUT2D eigenvalue weighted by Crippen LogP contribution is -2.14. The minimum atomic E-state index is -1.18. The molecule has 0 radical (unpaired) electrons. The van der Waals surface area contributed by atoms with Gasteiger partial charge in [0.1, 0.15) is 0 Å². The lowest BCUT2D eigenvalue weighted by molar-refractivity contribution is -0.137. The summed E-state index contributed by atoms with van der Waals surface area (Å²) in [7, 11) is 0. The average molecular weight is 292 g/mol. The number of carboxylic acid groups (broad SMARTS) is 1. The van der Waals surface area contributed by atoms with Gasteiger partial charge in [0.15, 0.2) is 0 Å². The van der Waals surface area contributed by atoms with E-state index in [-0.39, 0.29) is 24.3 Å². The third-order valence-corrected chi connectivity index (χ3v) is 2.64. The Morgan fingerprint density at radius 2 is 1.90 bits per heavy atom. The summed E-state index contributed by atoms with van der Waals surface area (Å²) < 4.78 is 9.69. The van der Waals surface area contributed by atoms with Crippen LogP contribution < -0.4 is 0 Å². The molecular weight excluding hydrogens is 276 g/mol. The van der Waals surface area contributed by atoms with Crippen LogP contribution in [-0.2, 0) is 14.3 Å². The van der Waals surface area contributed by atoms with Crippen LogP contribution in [0.15, 0.2) is 30.9 Å². The van der Waals surface area contributed by atoms with Crippen LogP contribution in [-0.4, -0.2) is 36.2 Å². The van der Waals surface area contributed by atoms with Gasteiger partial charge in [0.05, 0.1) is 24.3 Å². The zero-order chi connectivity index (χ0) is 15.8. The topological polar surface area (TPSA) is 89.9 Å². The van der Waals surface area contributed by atoms with E-state index in [9.17, 15) is 14.4 Å². The maximum atomic E-state index is 11.9. The van der Waals surface area contributed by atoms with Crippen molar-refractivity contribution in [1.29, 1.82) is 0 Å². The number of carbonyl (C=O) groups is 3. The summed E-state index contributed by atoms with van der Waals surface area (Å²) in [5.41, 5.74) is 0.419. The first-order valence-electron chi connectivity index (χ1n) is 6.26. The largest absolute Gasteiger partial charge is 0.478 e. The molecule has 0 aliphatic rings. The molecule has 0 saturated carbocycles. The van der Waals surface area contributed by atoms with Gasteiger partial charge in [-0.1, -0.05) is 18.7 Å². The molecule has 0 spiro atoms. The molecule has 0 aromatic heterocycles. The summed E-state index contributed by atoms with van der Waals surface area (Å²) in [6.45, 7) is 4.97. The van der Waals surface area contributed by atoms with Crippen molar-refractivity contribution in [2.75, 3.05) is 13.2 Å². The molecule has 0 saturated heterocycles. The third-order valence-electron chi connectivity index (χ3n) is 2.64. The van der Waals surface area contributed by atoms with Crippen LogP contribution in [0, 0.1) is 6.92 Å². The molecule has 1 N–H and O–H groups in total. The lowest BCUT2D eigenvalue weighted by Gasteiger charge is -2.09. The molecule has 0 fully saturated rings. The fraction of sp³-hybridized carbons (Fsp3) is 0.267. The van der Waals surface area contributed by atoms with Crippen molar-refractivity contribution in [2.45, 2.75) is 13.3 Å². The molecule has 6 nitrogen and oxygen atoms in total. The molecular formula is C15H16O6. The van der Waals surface area contributed by atoms with E-state index in [0.717, 1.165) is 6.08 Å². The Bertz CT molecular complexity index is 561. The van der Waals surface area contributed by atoms with E-state index in [0.29, 0.717) is 12.0 Å². The number of carbonyl (C=O) groups excluding carboxylic acids is 2. The normalized spacial score (nSPS) is 9.76. The van der Waals surface area contributed by atoms with Gasteiger partial charge in [-0.15, -0.1) is 0 Å². The van der Waals surface area contributed by atoms with Crippen LogP contribution in [0.1, 0.15) is 32.7 Å². The highest BCUT2D eigenvalue weighted by Crippen LogP contribution is 2.15. The first-order chi connectivity index (χ1) is 9.97. The van der Waals surface area contributed by atoms with E-state index in [1.54, 1.807) is 19.1 Å². The summed E-state index contributed by atoms with van der Waals surface area (Å²) in [4.78, 5) is 33.8. The molecule has 0 heterocycles. The summed E-state index contributed by atoms with van der Waals surface area (Å²) in [5, 5.41) is 9.12. The minimum absolute atomic E-state index is 0.00517. The zero-order valence-electron chi connectivity index (χ0n) is 11.6. The summed E-state index contributed by atoms with van der Waals surface area (Å²) in [6, 6.07) is 4.59. The van der Waals surface area contributed by atoms with Gasteiger partial charge in [-0.05, 0) is 18.6 Å². The fourth-order valence-corrected chi connectivity index (χ4v) is 1.65. The van der Waals surface area contributed by atoms with Crippen molar-refractivity contribution in [3.8, 4) is 0 Å². The average Bonchev–Trinajstić information content (AvgIpc) is 2.45. The summed E-state index contributed by atoms with van der Waals surface area (Å²) >= 11 is 0. The molecule has 1 aromatic rings. The van der Waals surface area contributed by atoms with Crippen molar-refractivity contribution in [3.63, 3.8) is 0 Å². The highest BCUT2D eigenvalue weighted by molar-refractivity contribution is 6.03.